The molecular weight excluding hydrogens is 370 g/mol. The van der Waals surface area contributed by atoms with Gasteiger partial charge < -0.3 is 14.0 Å². The zero-order valence-corrected chi connectivity index (χ0v) is 15.9. The number of fused-ring (bicyclic) bond motifs is 2. The number of anilines is 1. The fourth-order valence-electron chi connectivity index (χ4n) is 3.76. The van der Waals surface area contributed by atoms with Gasteiger partial charge in [0.2, 0.25) is 0 Å². The Morgan fingerprint density at radius 3 is 2.50 bits per heavy atom. The maximum atomic E-state index is 13.5. The maximum Gasteiger partial charge on any atom is 0.260 e. The standard InChI is InChI=1S/C23H18ClN3O/c24-21-14-18(25-11-3-4-12-25)9-10-20(21)23(28)27-16-19-7-5-13-26(19)15-17-6-1-2-8-22(17)27/h1-14H,15-16H2. The molecule has 0 fully saturated rings. The van der Waals surface area contributed by atoms with E-state index in [4.69, 9.17) is 11.6 Å². The lowest BCUT2D eigenvalue weighted by Crippen LogP contribution is -2.30. The van der Waals surface area contributed by atoms with Crippen molar-refractivity contribution >= 4 is 23.2 Å². The molecule has 0 radical (unpaired) electrons. The zero-order chi connectivity index (χ0) is 19.1. The van der Waals surface area contributed by atoms with Crippen LogP contribution >= 0.6 is 11.6 Å². The third-order valence-electron chi connectivity index (χ3n) is 5.20. The normalized spacial score (nSPS) is 13.0. The molecule has 1 aliphatic rings. The van der Waals surface area contributed by atoms with Gasteiger partial charge in [0.05, 0.1) is 17.1 Å². The van der Waals surface area contributed by atoms with Gasteiger partial charge in [0.15, 0.2) is 0 Å². The molecule has 4 nitrogen and oxygen atoms in total. The van der Waals surface area contributed by atoms with Crippen LogP contribution in [0.4, 0.5) is 5.69 Å². The minimum Gasteiger partial charge on any atom is -0.345 e. The molecule has 3 heterocycles. The van der Waals surface area contributed by atoms with Crippen LogP contribution in [0.15, 0.2) is 85.3 Å². The lowest BCUT2D eigenvalue weighted by Gasteiger charge is -2.23. The molecule has 0 saturated carbocycles. The summed E-state index contributed by atoms with van der Waals surface area (Å²) in [6.45, 7) is 1.26. The van der Waals surface area contributed by atoms with Gasteiger partial charge in [-0.2, -0.15) is 0 Å². The Labute approximate surface area is 168 Å². The van der Waals surface area contributed by atoms with Crippen molar-refractivity contribution in [3.63, 3.8) is 0 Å². The predicted molar refractivity (Wildman–Crippen MR) is 111 cm³/mol. The van der Waals surface area contributed by atoms with Crippen LogP contribution in [0.3, 0.4) is 0 Å². The Morgan fingerprint density at radius 1 is 0.857 bits per heavy atom. The summed E-state index contributed by atoms with van der Waals surface area (Å²) < 4.78 is 4.15. The van der Waals surface area contributed by atoms with Gasteiger partial charge in [-0.05, 0) is 54.1 Å². The van der Waals surface area contributed by atoms with Crippen molar-refractivity contribution in [3.05, 3.63) is 107 Å². The van der Waals surface area contributed by atoms with Crippen molar-refractivity contribution < 1.29 is 4.79 Å². The molecule has 0 aliphatic carbocycles. The first kappa shape index (κ1) is 16.9. The second-order valence-corrected chi connectivity index (χ2v) is 7.31. The van der Waals surface area contributed by atoms with Crippen LogP contribution in [0.25, 0.3) is 5.69 Å². The van der Waals surface area contributed by atoms with Crippen LogP contribution in [0.5, 0.6) is 0 Å². The van der Waals surface area contributed by atoms with Crippen LogP contribution in [0, 0.1) is 0 Å². The fraction of sp³-hybridized carbons (Fsp3) is 0.0870. The van der Waals surface area contributed by atoms with Gasteiger partial charge in [-0.1, -0.05) is 29.8 Å². The van der Waals surface area contributed by atoms with Gasteiger partial charge >= 0.3 is 0 Å². The summed E-state index contributed by atoms with van der Waals surface area (Å²) in [5.41, 5.74) is 4.58. The summed E-state index contributed by atoms with van der Waals surface area (Å²) in [5.74, 6) is -0.0915. The van der Waals surface area contributed by atoms with Crippen molar-refractivity contribution in [2.75, 3.05) is 4.90 Å². The van der Waals surface area contributed by atoms with Crippen LogP contribution in [-0.2, 0) is 13.1 Å². The van der Waals surface area contributed by atoms with Crippen molar-refractivity contribution in [3.8, 4) is 5.69 Å². The second-order valence-electron chi connectivity index (χ2n) is 6.90. The van der Waals surface area contributed by atoms with Gasteiger partial charge in [0, 0.05) is 42.2 Å². The average molecular weight is 388 g/mol. The van der Waals surface area contributed by atoms with E-state index in [1.54, 1.807) is 0 Å². The summed E-state index contributed by atoms with van der Waals surface area (Å²) >= 11 is 6.54. The molecule has 2 aromatic heterocycles. The van der Waals surface area contributed by atoms with Crippen molar-refractivity contribution in [2.24, 2.45) is 0 Å². The fourth-order valence-corrected chi connectivity index (χ4v) is 4.01. The number of rotatable bonds is 2. The molecule has 1 aliphatic heterocycles. The van der Waals surface area contributed by atoms with Crippen LogP contribution in [-0.4, -0.2) is 15.0 Å². The lowest BCUT2D eigenvalue weighted by atomic mass is 10.1. The minimum absolute atomic E-state index is 0.0915. The van der Waals surface area contributed by atoms with E-state index in [2.05, 4.69) is 22.9 Å². The quantitative estimate of drug-likeness (QED) is 0.468. The SMILES string of the molecule is O=C(c1ccc(-n2cccc2)cc1Cl)N1Cc2cccn2Cc2ccccc21. The average Bonchev–Trinajstić information content (AvgIpc) is 3.36. The predicted octanol–water partition coefficient (Wildman–Crippen LogP) is 5.14. The van der Waals surface area contributed by atoms with Gasteiger partial charge in [-0.15, -0.1) is 0 Å². The van der Waals surface area contributed by atoms with Gasteiger partial charge in [-0.3, -0.25) is 4.79 Å². The van der Waals surface area contributed by atoms with Gasteiger partial charge in [0.1, 0.15) is 0 Å². The Kier molecular flexibility index (Phi) is 4.06. The molecule has 0 unspecified atom stereocenters. The summed E-state index contributed by atoms with van der Waals surface area (Å²) in [6.07, 6.45) is 5.96. The molecule has 1 amide bonds. The number of halogens is 1. The van der Waals surface area contributed by atoms with E-state index in [-0.39, 0.29) is 5.91 Å². The van der Waals surface area contributed by atoms with Crippen LogP contribution in [0.2, 0.25) is 5.02 Å². The summed E-state index contributed by atoms with van der Waals surface area (Å²) in [5, 5.41) is 0.452. The lowest BCUT2D eigenvalue weighted by molar-refractivity contribution is 0.0985. The third-order valence-corrected chi connectivity index (χ3v) is 5.51. The Hall–Kier alpha value is -3.24. The molecule has 28 heavy (non-hydrogen) atoms. The smallest absolute Gasteiger partial charge is 0.260 e. The summed E-state index contributed by atoms with van der Waals surface area (Å²) in [6, 6.07) is 21.6. The Bertz CT molecular complexity index is 1160. The van der Waals surface area contributed by atoms with Crippen molar-refractivity contribution in [1.29, 1.82) is 0 Å². The number of hydrogen-bond donors (Lipinski definition) is 0. The first-order valence-corrected chi connectivity index (χ1v) is 9.55. The largest absolute Gasteiger partial charge is 0.345 e. The van der Waals surface area contributed by atoms with E-state index in [0.717, 1.165) is 29.2 Å². The minimum atomic E-state index is -0.0915. The first-order valence-electron chi connectivity index (χ1n) is 9.17. The highest BCUT2D eigenvalue weighted by Crippen LogP contribution is 2.31. The van der Waals surface area contributed by atoms with E-state index < -0.39 is 0 Å². The summed E-state index contributed by atoms with van der Waals surface area (Å²) in [7, 11) is 0. The van der Waals surface area contributed by atoms with Crippen LogP contribution in [0.1, 0.15) is 21.6 Å². The van der Waals surface area contributed by atoms with Gasteiger partial charge in [0.25, 0.3) is 5.91 Å². The molecule has 5 heteroatoms. The molecule has 0 N–H and O–H groups in total. The molecule has 4 aromatic rings. The Balaban J connectivity index is 1.56. The topological polar surface area (TPSA) is 30.2 Å². The number of para-hydroxylation sites is 1. The third kappa shape index (κ3) is 2.83. The number of hydrogen-bond acceptors (Lipinski definition) is 1. The van der Waals surface area contributed by atoms with E-state index in [0.29, 0.717) is 17.1 Å². The molecule has 0 spiro atoms. The number of aromatic nitrogens is 2. The van der Waals surface area contributed by atoms with Gasteiger partial charge in [-0.25, -0.2) is 0 Å². The summed E-state index contributed by atoms with van der Waals surface area (Å²) in [4.78, 5) is 15.3. The Morgan fingerprint density at radius 2 is 1.68 bits per heavy atom. The molecular formula is C23H18ClN3O. The first-order chi connectivity index (χ1) is 13.7. The molecule has 138 valence electrons. The number of amides is 1. The maximum absolute atomic E-state index is 13.5. The molecule has 5 rings (SSSR count). The molecule has 2 aromatic carbocycles. The van der Waals surface area contributed by atoms with E-state index in [1.165, 1.54) is 0 Å². The number of nitrogens with zero attached hydrogens (tertiary/aromatic N) is 3. The highest BCUT2D eigenvalue weighted by Gasteiger charge is 2.26. The highest BCUT2D eigenvalue weighted by molar-refractivity contribution is 6.34. The van der Waals surface area contributed by atoms with E-state index >= 15 is 0 Å². The second kappa shape index (κ2) is 6.73. The zero-order valence-electron chi connectivity index (χ0n) is 15.1. The number of benzene rings is 2. The van der Waals surface area contributed by atoms with Crippen molar-refractivity contribution in [1.82, 2.24) is 9.13 Å². The van der Waals surface area contributed by atoms with E-state index in [9.17, 15) is 4.79 Å². The van der Waals surface area contributed by atoms with E-state index in [1.807, 2.05) is 76.5 Å². The van der Waals surface area contributed by atoms with Crippen molar-refractivity contribution in [2.45, 2.75) is 13.1 Å². The van der Waals surface area contributed by atoms with Crippen LogP contribution < -0.4 is 4.90 Å². The monoisotopic (exact) mass is 387 g/mol. The number of carbonyl (C=O) groups is 1. The molecule has 0 bridgehead atoms. The highest BCUT2D eigenvalue weighted by atomic mass is 35.5. The molecule has 0 atom stereocenters. The molecule has 0 saturated heterocycles. The number of carbonyl (C=O) groups excluding carboxylic acids is 1.